The smallest absolute Gasteiger partial charge is 0.225 e. The van der Waals surface area contributed by atoms with Crippen LogP contribution in [0, 0.1) is 0 Å². The van der Waals surface area contributed by atoms with Crippen molar-refractivity contribution < 1.29 is 4.79 Å². The molecule has 0 unspecified atom stereocenters. The molecular weight excluding hydrogens is 489 g/mol. The number of halogens is 1. The maximum Gasteiger partial charge on any atom is 0.225 e. The molecule has 1 aromatic rings. The number of nitrogens with one attached hydrogen (secondary N) is 2. The van der Waals surface area contributed by atoms with Gasteiger partial charge in [-0.15, -0.1) is 24.0 Å². The Balaban J connectivity index is 0.00000392. The lowest BCUT2D eigenvalue weighted by molar-refractivity contribution is -0.131. The molecule has 0 saturated carbocycles. The molecule has 1 saturated heterocycles. The van der Waals surface area contributed by atoms with Gasteiger partial charge in [0.05, 0.1) is 0 Å². The van der Waals surface area contributed by atoms with Crippen LogP contribution in [-0.4, -0.2) is 84.1 Å². The zero-order chi connectivity index (χ0) is 19.7. The minimum atomic E-state index is 0. The monoisotopic (exact) mass is 521 g/mol. The Morgan fingerprint density at radius 1 is 1.21 bits per heavy atom. The van der Waals surface area contributed by atoms with Gasteiger partial charge in [-0.25, -0.2) is 9.97 Å². The molecular formula is C18H32IN7OS. The van der Waals surface area contributed by atoms with Gasteiger partial charge in [-0.1, -0.05) is 0 Å². The molecule has 1 amide bonds. The lowest BCUT2D eigenvalue weighted by Crippen LogP contribution is -2.50. The van der Waals surface area contributed by atoms with Crippen LogP contribution in [0.2, 0.25) is 0 Å². The quantitative estimate of drug-likeness (QED) is 0.319. The van der Waals surface area contributed by atoms with Gasteiger partial charge in [-0.3, -0.25) is 9.79 Å². The lowest BCUT2D eigenvalue weighted by atomic mass is 10.2. The molecule has 0 bridgehead atoms. The number of hydrogen-bond donors (Lipinski definition) is 2. The molecule has 1 fully saturated rings. The number of carbonyl (C=O) groups is 1. The average molecular weight is 521 g/mol. The first-order valence-electron chi connectivity index (χ1n) is 9.24. The highest BCUT2D eigenvalue weighted by atomic mass is 127. The molecule has 0 aromatic carbocycles. The maximum absolute atomic E-state index is 12.4. The fraction of sp³-hybridized carbons (Fsp3) is 0.667. The fourth-order valence-electron chi connectivity index (χ4n) is 2.65. The van der Waals surface area contributed by atoms with Crippen LogP contribution in [0.5, 0.6) is 0 Å². The van der Waals surface area contributed by atoms with Gasteiger partial charge in [0.1, 0.15) is 0 Å². The second-order valence-corrected chi connectivity index (χ2v) is 8.50. The highest BCUT2D eigenvalue weighted by Crippen LogP contribution is 2.19. The van der Waals surface area contributed by atoms with Crippen molar-refractivity contribution in [2.75, 3.05) is 57.5 Å². The Labute approximate surface area is 189 Å². The van der Waals surface area contributed by atoms with Gasteiger partial charge in [-0.2, -0.15) is 11.8 Å². The third-order valence-corrected chi connectivity index (χ3v) is 5.81. The Bertz CT molecular complexity index is 622. The Morgan fingerprint density at radius 3 is 2.43 bits per heavy atom. The first kappa shape index (κ1) is 24.7. The molecule has 28 heavy (non-hydrogen) atoms. The molecule has 2 N–H and O–H groups in total. The van der Waals surface area contributed by atoms with Crippen molar-refractivity contribution in [3.8, 4) is 0 Å². The zero-order valence-corrected chi connectivity index (χ0v) is 20.3. The lowest BCUT2D eigenvalue weighted by Gasteiger charge is -2.34. The predicted octanol–water partition coefficient (Wildman–Crippen LogP) is 1.44. The highest BCUT2D eigenvalue weighted by molar-refractivity contribution is 14.0. The Morgan fingerprint density at radius 2 is 1.86 bits per heavy atom. The van der Waals surface area contributed by atoms with E-state index in [4.69, 9.17) is 0 Å². The summed E-state index contributed by atoms with van der Waals surface area (Å²) in [6, 6.07) is 1.81. The van der Waals surface area contributed by atoms with E-state index in [1.54, 1.807) is 37.3 Å². The molecule has 1 aliphatic rings. The van der Waals surface area contributed by atoms with Crippen LogP contribution in [-0.2, 0) is 4.79 Å². The van der Waals surface area contributed by atoms with Gasteiger partial charge in [0.25, 0.3) is 0 Å². The van der Waals surface area contributed by atoms with E-state index < -0.39 is 0 Å². The Kier molecular flexibility index (Phi) is 10.9. The maximum atomic E-state index is 12.4. The van der Waals surface area contributed by atoms with Crippen LogP contribution >= 0.6 is 35.7 Å². The summed E-state index contributed by atoms with van der Waals surface area (Å²) in [5, 5.41) is 6.53. The molecule has 10 heteroatoms. The minimum absolute atomic E-state index is 0. The van der Waals surface area contributed by atoms with Gasteiger partial charge in [0.15, 0.2) is 5.96 Å². The number of guanidine groups is 1. The largest absolute Gasteiger partial charge is 0.356 e. The van der Waals surface area contributed by atoms with Crippen LogP contribution in [0.1, 0.15) is 20.3 Å². The number of aliphatic imine (C=N–C) groups is 1. The van der Waals surface area contributed by atoms with Crippen molar-refractivity contribution in [2.24, 2.45) is 4.99 Å². The molecule has 0 spiro atoms. The number of thioether (sulfide) groups is 1. The third kappa shape index (κ3) is 7.98. The number of carbonyl (C=O) groups excluding carboxylic acids is 1. The van der Waals surface area contributed by atoms with E-state index in [-0.39, 0.29) is 34.6 Å². The summed E-state index contributed by atoms with van der Waals surface area (Å²) in [5.74, 6) is 1.63. The van der Waals surface area contributed by atoms with Gasteiger partial charge < -0.3 is 20.4 Å². The second kappa shape index (κ2) is 12.3. The standard InChI is InChI=1S/C18H31N7OS.HI/c1-18(2,27-4)14-23-16(19-3)20-9-6-15(26)24-10-12-25(13-11-24)17-21-7-5-8-22-17;/h5,7-8H,6,9-14H2,1-4H3,(H2,19,20,23);1H. The van der Waals surface area contributed by atoms with Crippen molar-refractivity contribution in [3.63, 3.8) is 0 Å². The highest BCUT2D eigenvalue weighted by Gasteiger charge is 2.22. The predicted molar refractivity (Wildman–Crippen MR) is 128 cm³/mol. The fourth-order valence-corrected chi connectivity index (χ4v) is 2.86. The van der Waals surface area contributed by atoms with E-state index in [0.717, 1.165) is 31.5 Å². The van der Waals surface area contributed by atoms with Crippen LogP contribution in [0.4, 0.5) is 5.95 Å². The number of hydrogen-bond acceptors (Lipinski definition) is 6. The number of piperazine rings is 1. The van der Waals surface area contributed by atoms with Crippen LogP contribution in [0.3, 0.4) is 0 Å². The number of anilines is 1. The SMILES string of the molecule is CN=C(NCCC(=O)N1CCN(c2ncccn2)CC1)NCC(C)(C)SC.I. The molecule has 2 rings (SSSR count). The van der Waals surface area contributed by atoms with E-state index in [0.29, 0.717) is 26.1 Å². The summed E-state index contributed by atoms with van der Waals surface area (Å²) in [5.41, 5.74) is 0. The summed E-state index contributed by atoms with van der Waals surface area (Å²) in [6.45, 7) is 8.67. The van der Waals surface area contributed by atoms with Crippen molar-refractivity contribution in [1.29, 1.82) is 0 Å². The van der Waals surface area contributed by atoms with Crippen LogP contribution in [0.25, 0.3) is 0 Å². The number of amides is 1. The van der Waals surface area contributed by atoms with E-state index in [2.05, 4.69) is 50.6 Å². The second-order valence-electron chi connectivity index (χ2n) is 6.98. The summed E-state index contributed by atoms with van der Waals surface area (Å²) >= 11 is 1.81. The van der Waals surface area contributed by atoms with E-state index >= 15 is 0 Å². The molecule has 158 valence electrons. The molecule has 0 aliphatic carbocycles. The van der Waals surface area contributed by atoms with E-state index in [1.165, 1.54) is 0 Å². The van der Waals surface area contributed by atoms with Crippen molar-refractivity contribution in [2.45, 2.75) is 25.0 Å². The molecule has 2 heterocycles. The summed E-state index contributed by atoms with van der Waals surface area (Å²) in [6.07, 6.45) is 6.04. The summed E-state index contributed by atoms with van der Waals surface area (Å²) in [7, 11) is 1.74. The molecule has 0 radical (unpaired) electrons. The van der Waals surface area contributed by atoms with Gasteiger partial charge >= 0.3 is 0 Å². The Hall–Kier alpha value is -1.30. The van der Waals surface area contributed by atoms with Gasteiger partial charge in [0, 0.05) is 69.9 Å². The van der Waals surface area contributed by atoms with Crippen LogP contribution < -0.4 is 15.5 Å². The van der Waals surface area contributed by atoms with Crippen molar-refractivity contribution in [3.05, 3.63) is 18.5 Å². The number of aromatic nitrogens is 2. The zero-order valence-electron chi connectivity index (χ0n) is 17.1. The first-order valence-corrected chi connectivity index (χ1v) is 10.5. The third-order valence-electron chi connectivity index (χ3n) is 4.56. The van der Waals surface area contributed by atoms with Crippen LogP contribution in [0.15, 0.2) is 23.5 Å². The summed E-state index contributed by atoms with van der Waals surface area (Å²) < 4.78 is 0.135. The molecule has 1 aliphatic heterocycles. The molecule has 8 nitrogen and oxygen atoms in total. The van der Waals surface area contributed by atoms with E-state index in [1.807, 2.05) is 4.90 Å². The average Bonchev–Trinajstić information content (AvgIpc) is 2.71. The number of nitrogens with zero attached hydrogens (tertiary/aromatic N) is 5. The molecule has 0 atom stereocenters. The minimum Gasteiger partial charge on any atom is -0.356 e. The summed E-state index contributed by atoms with van der Waals surface area (Å²) in [4.78, 5) is 29.2. The molecule has 1 aromatic heterocycles. The van der Waals surface area contributed by atoms with E-state index in [9.17, 15) is 4.79 Å². The topological polar surface area (TPSA) is 85.8 Å². The normalized spacial score (nSPS) is 15.1. The van der Waals surface area contributed by atoms with Crippen molar-refractivity contribution >= 4 is 53.6 Å². The van der Waals surface area contributed by atoms with Gasteiger partial charge in [-0.05, 0) is 26.2 Å². The first-order chi connectivity index (χ1) is 12.9. The number of rotatable bonds is 7. The van der Waals surface area contributed by atoms with Gasteiger partial charge in [0.2, 0.25) is 11.9 Å². The van der Waals surface area contributed by atoms with Crippen molar-refractivity contribution in [1.82, 2.24) is 25.5 Å².